The van der Waals surface area contributed by atoms with Gasteiger partial charge in [0.1, 0.15) is 5.75 Å². The van der Waals surface area contributed by atoms with E-state index in [-0.39, 0.29) is 35.4 Å². The number of anilines is 1. The molecule has 0 aromatic heterocycles. The summed E-state index contributed by atoms with van der Waals surface area (Å²) >= 11 is 6.06. The number of nitrogens with one attached hydrogen (secondary N) is 2. The number of carbonyl (C=O) groups excluding carboxylic acids is 1. The van der Waals surface area contributed by atoms with Gasteiger partial charge in [-0.3, -0.25) is 9.52 Å². The molecule has 0 aliphatic rings. The van der Waals surface area contributed by atoms with Crippen LogP contribution in [0.1, 0.15) is 5.56 Å². The van der Waals surface area contributed by atoms with Crippen molar-refractivity contribution in [1.29, 1.82) is 0 Å². The minimum absolute atomic E-state index is 0.0276. The van der Waals surface area contributed by atoms with Crippen LogP contribution in [0, 0.1) is 6.92 Å². The predicted octanol–water partition coefficient (Wildman–Crippen LogP) is 1.94. The largest absolute Gasteiger partial charge is 0.482 e. The van der Waals surface area contributed by atoms with Crippen molar-refractivity contribution in [2.75, 3.05) is 24.5 Å². The van der Waals surface area contributed by atoms with Crippen molar-refractivity contribution < 1.29 is 23.1 Å². The molecule has 0 spiro atoms. The van der Waals surface area contributed by atoms with E-state index in [9.17, 15) is 13.2 Å². The Kier molecular flexibility index (Phi) is 6.84. The van der Waals surface area contributed by atoms with Gasteiger partial charge in [0.2, 0.25) is 0 Å². The van der Waals surface area contributed by atoms with E-state index in [0.717, 1.165) is 5.56 Å². The highest BCUT2D eigenvalue weighted by atomic mass is 35.5. The van der Waals surface area contributed by atoms with E-state index in [1.807, 2.05) is 6.92 Å². The Morgan fingerprint density at radius 3 is 2.50 bits per heavy atom. The van der Waals surface area contributed by atoms with Gasteiger partial charge in [-0.25, -0.2) is 8.42 Å². The molecule has 2 aromatic carbocycles. The van der Waals surface area contributed by atoms with Gasteiger partial charge in [0.15, 0.2) is 6.61 Å². The summed E-state index contributed by atoms with van der Waals surface area (Å²) in [5, 5.41) is 11.1. The lowest BCUT2D eigenvalue weighted by molar-refractivity contribution is -0.123. The molecule has 26 heavy (non-hydrogen) atoms. The molecule has 0 bridgehead atoms. The van der Waals surface area contributed by atoms with Crippen molar-refractivity contribution in [3.8, 4) is 5.75 Å². The maximum absolute atomic E-state index is 12.4. The van der Waals surface area contributed by atoms with Crippen LogP contribution in [-0.2, 0) is 14.8 Å². The molecule has 3 N–H and O–H groups in total. The van der Waals surface area contributed by atoms with E-state index in [2.05, 4.69) is 10.0 Å². The molecule has 0 unspecified atom stereocenters. The van der Waals surface area contributed by atoms with Crippen molar-refractivity contribution in [1.82, 2.24) is 5.32 Å². The zero-order valence-electron chi connectivity index (χ0n) is 14.0. The van der Waals surface area contributed by atoms with Gasteiger partial charge in [-0.2, -0.15) is 0 Å². The number of halogens is 1. The van der Waals surface area contributed by atoms with E-state index >= 15 is 0 Å². The number of sulfonamides is 1. The second-order valence-electron chi connectivity index (χ2n) is 5.43. The quantitative estimate of drug-likeness (QED) is 0.630. The van der Waals surface area contributed by atoms with E-state index in [4.69, 9.17) is 21.4 Å². The molecule has 7 nitrogen and oxygen atoms in total. The predicted molar refractivity (Wildman–Crippen MR) is 99.0 cm³/mol. The Balaban J connectivity index is 2.07. The molecular weight excluding hydrogens is 380 g/mol. The molecule has 0 saturated heterocycles. The fourth-order valence-electron chi connectivity index (χ4n) is 1.99. The van der Waals surface area contributed by atoms with Crippen molar-refractivity contribution in [2.45, 2.75) is 11.8 Å². The van der Waals surface area contributed by atoms with Crippen LogP contribution in [0.15, 0.2) is 47.4 Å². The third-order valence-electron chi connectivity index (χ3n) is 3.31. The standard InChI is InChI=1S/C17H19ClN2O5S/c1-12-2-4-13(5-3-12)20-26(23,24)14-6-7-16(15(18)10-14)25-11-17(22)19-8-9-21/h2-7,10,20-21H,8-9,11H2,1H3,(H,19,22). The molecular formula is C17H19ClN2O5S. The number of amides is 1. The van der Waals surface area contributed by atoms with Gasteiger partial charge >= 0.3 is 0 Å². The van der Waals surface area contributed by atoms with E-state index in [1.165, 1.54) is 18.2 Å². The fraction of sp³-hybridized carbons (Fsp3) is 0.235. The topological polar surface area (TPSA) is 105 Å². The number of aliphatic hydroxyl groups excluding tert-OH is 1. The van der Waals surface area contributed by atoms with Gasteiger partial charge in [0.05, 0.1) is 16.5 Å². The van der Waals surface area contributed by atoms with Crippen LogP contribution in [0.5, 0.6) is 5.75 Å². The molecule has 2 aromatic rings. The van der Waals surface area contributed by atoms with E-state index in [1.54, 1.807) is 24.3 Å². The molecule has 0 aliphatic carbocycles. The first-order valence-corrected chi connectivity index (χ1v) is 9.57. The molecule has 0 aliphatic heterocycles. The van der Waals surface area contributed by atoms with Crippen LogP contribution >= 0.6 is 11.6 Å². The van der Waals surface area contributed by atoms with Gasteiger partial charge in [0.25, 0.3) is 15.9 Å². The van der Waals surface area contributed by atoms with Crippen LogP contribution < -0.4 is 14.8 Å². The van der Waals surface area contributed by atoms with Crippen LogP contribution in [0.2, 0.25) is 5.02 Å². The number of rotatable bonds is 8. The summed E-state index contributed by atoms with van der Waals surface area (Å²) in [5.74, 6) is -0.243. The summed E-state index contributed by atoms with van der Waals surface area (Å²) < 4.78 is 32.6. The second kappa shape index (κ2) is 8.88. The average Bonchev–Trinajstić information content (AvgIpc) is 2.60. The Labute approximate surface area is 157 Å². The van der Waals surface area contributed by atoms with Gasteiger partial charge < -0.3 is 15.2 Å². The van der Waals surface area contributed by atoms with Crippen LogP contribution in [0.25, 0.3) is 0 Å². The summed E-state index contributed by atoms with van der Waals surface area (Å²) in [4.78, 5) is 11.4. The average molecular weight is 399 g/mol. The highest BCUT2D eigenvalue weighted by Crippen LogP contribution is 2.28. The van der Waals surface area contributed by atoms with Gasteiger partial charge in [-0.1, -0.05) is 29.3 Å². The monoisotopic (exact) mass is 398 g/mol. The van der Waals surface area contributed by atoms with Gasteiger partial charge in [-0.15, -0.1) is 0 Å². The lowest BCUT2D eigenvalue weighted by Gasteiger charge is -2.11. The third-order valence-corrected chi connectivity index (χ3v) is 4.98. The first kappa shape index (κ1) is 20.0. The second-order valence-corrected chi connectivity index (χ2v) is 7.52. The number of hydrogen-bond donors (Lipinski definition) is 3. The van der Waals surface area contributed by atoms with Gasteiger partial charge in [-0.05, 0) is 37.3 Å². The first-order valence-electron chi connectivity index (χ1n) is 7.71. The summed E-state index contributed by atoms with van der Waals surface area (Å²) in [7, 11) is -3.81. The molecule has 0 radical (unpaired) electrons. The number of aryl methyl sites for hydroxylation is 1. The Bertz CT molecular complexity index is 869. The highest BCUT2D eigenvalue weighted by molar-refractivity contribution is 7.92. The Morgan fingerprint density at radius 2 is 1.88 bits per heavy atom. The third kappa shape index (κ3) is 5.62. The van der Waals surface area contributed by atoms with Gasteiger partial charge in [0, 0.05) is 12.2 Å². The molecule has 0 heterocycles. The molecule has 9 heteroatoms. The molecule has 0 saturated carbocycles. The Hall–Kier alpha value is -2.29. The molecule has 0 atom stereocenters. The number of hydrogen-bond acceptors (Lipinski definition) is 5. The van der Waals surface area contributed by atoms with Crippen molar-refractivity contribution in [2.24, 2.45) is 0 Å². The molecule has 2 rings (SSSR count). The van der Waals surface area contributed by atoms with Crippen LogP contribution in [-0.4, -0.2) is 39.2 Å². The minimum Gasteiger partial charge on any atom is -0.482 e. The maximum atomic E-state index is 12.4. The molecule has 0 fully saturated rings. The molecule has 140 valence electrons. The van der Waals surface area contributed by atoms with Crippen LogP contribution in [0.3, 0.4) is 0 Å². The Morgan fingerprint density at radius 1 is 1.19 bits per heavy atom. The number of benzene rings is 2. The van der Waals surface area contributed by atoms with Crippen molar-refractivity contribution in [3.63, 3.8) is 0 Å². The number of ether oxygens (including phenoxy) is 1. The summed E-state index contributed by atoms with van der Waals surface area (Å²) in [6.07, 6.45) is 0. The minimum atomic E-state index is -3.81. The maximum Gasteiger partial charge on any atom is 0.261 e. The van der Waals surface area contributed by atoms with Crippen molar-refractivity contribution >= 4 is 33.2 Å². The summed E-state index contributed by atoms with van der Waals surface area (Å²) in [6.45, 7) is 1.55. The number of carbonyl (C=O) groups is 1. The number of aliphatic hydroxyl groups is 1. The fourth-order valence-corrected chi connectivity index (χ4v) is 3.38. The molecule has 1 amide bonds. The van der Waals surface area contributed by atoms with E-state index < -0.39 is 15.9 Å². The zero-order chi connectivity index (χ0) is 19.2. The normalized spacial score (nSPS) is 11.0. The SMILES string of the molecule is Cc1ccc(NS(=O)(=O)c2ccc(OCC(=O)NCCO)c(Cl)c2)cc1. The van der Waals surface area contributed by atoms with E-state index in [0.29, 0.717) is 5.69 Å². The summed E-state index contributed by atoms with van der Waals surface area (Å²) in [5.41, 5.74) is 1.45. The smallest absolute Gasteiger partial charge is 0.261 e. The highest BCUT2D eigenvalue weighted by Gasteiger charge is 2.17. The van der Waals surface area contributed by atoms with Crippen molar-refractivity contribution in [3.05, 3.63) is 53.1 Å². The summed E-state index contributed by atoms with van der Waals surface area (Å²) in [6, 6.07) is 10.9. The zero-order valence-corrected chi connectivity index (χ0v) is 15.6. The first-order chi connectivity index (χ1) is 12.3. The lowest BCUT2D eigenvalue weighted by atomic mass is 10.2. The van der Waals surface area contributed by atoms with Crippen LogP contribution in [0.4, 0.5) is 5.69 Å². The lowest BCUT2D eigenvalue weighted by Crippen LogP contribution is -2.31.